The summed E-state index contributed by atoms with van der Waals surface area (Å²) in [7, 11) is -2.13. The van der Waals surface area contributed by atoms with Crippen LogP contribution in [-0.4, -0.2) is 33.3 Å². The molecule has 2 fully saturated rings. The summed E-state index contributed by atoms with van der Waals surface area (Å²) in [6, 6.07) is 0. The van der Waals surface area contributed by atoms with Gasteiger partial charge in [-0.05, 0) is 72.3 Å². The zero-order chi connectivity index (χ0) is 16.5. The molecule has 0 radical (unpaired) electrons. The number of carbonyl (C=O) groups is 1. The van der Waals surface area contributed by atoms with Gasteiger partial charge in [-0.3, -0.25) is 4.79 Å². The Hall–Kier alpha value is -0.393. The van der Waals surface area contributed by atoms with E-state index in [9.17, 15) is 4.79 Å². The van der Waals surface area contributed by atoms with Gasteiger partial charge in [0.2, 0.25) is 0 Å². The summed E-state index contributed by atoms with van der Waals surface area (Å²) in [5.74, 6) is 1.10. The molecule has 0 amide bonds. The zero-order valence-electron chi connectivity index (χ0n) is 15.0. The first-order valence-corrected chi connectivity index (χ1v) is 11.1. The molecule has 2 aliphatic carbocycles. The fourth-order valence-corrected chi connectivity index (χ4v) is 7.93. The van der Waals surface area contributed by atoms with Crippen molar-refractivity contribution < 1.29 is 18.4 Å². The van der Waals surface area contributed by atoms with E-state index in [0.29, 0.717) is 30.6 Å². The van der Waals surface area contributed by atoms with Gasteiger partial charge in [0, 0.05) is 18.8 Å². The Morgan fingerprint density at radius 1 is 1.05 bits per heavy atom. The number of rotatable bonds is 6. The molecule has 2 aliphatic rings. The van der Waals surface area contributed by atoms with Gasteiger partial charge in [-0.25, -0.2) is 0 Å². The minimum atomic E-state index is -2.13. The summed E-state index contributed by atoms with van der Waals surface area (Å²) in [4.78, 5) is 12.4. The van der Waals surface area contributed by atoms with E-state index < -0.39 is 14.2 Å². The van der Waals surface area contributed by atoms with Gasteiger partial charge >= 0.3 is 14.5 Å². The van der Waals surface area contributed by atoms with Crippen molar-refractivity contribution in [3.05, 3.63) is 0 Å². The van der Waals surface area contributed by atoms with Crippen molar-refractivity contribution >= 4 is 14.5 Å². The van der Waals surface area contributed by atoms with Crippen molar-refractivity contribution in [1.29, 1.82) is 0 Å². The van der Waals surface area contributed by atoms with Crippen LogP contribution < -0.4 is 0 Å². The second-order valence-corrected chi connectivity index (χ2v) is 11.2. The highest BCUT2D eigenvalue weighted by Gasteiger charge is 2.57. The van der Waals surface area contributed by atoms with Crippen LogP contribution >= 0.6 is 0 Å². The van der Waals surface area contributed by atoms with Gasteiger partial charge in [-0.2, -0.15) is 0 Å². The predicted octanol–water partition coefficient (Wildman–Crippen LogP) is 3.89. The average molecular weight is 329 g/mol. The summed E-state index contributed by atoms with van der Waals surface area (Å²) >= 11 is 0. The van der Waals surface area contributed by atoms with Crippen molar-refractivity contribution in [1.82, 2.24) is 0 Å². The lowest BCUT2D eigenvalue weighted by molar-refractivity contribution is -0.161. The highest BCUT2D eigenvalue weighted by molar-refractivity contribution is 6.67. The third-order valence-electron chi connectivity index (χ3n) is 5.10. The largest absolute Gasteiger partial charge is 0.460 e. The lowest BCUT2D eigenvalue weighted by Gasteiger charge is -2.38. The Morgan fingerprint density at radius 2 is 1.64 bits per heavy atom. The lowest BCUT2D eigenvalue weighted by Crippen LogP contribution is -2.47. The van der Waals surface area contributed by atoms with Crippen molar-refractivity contribution in [3.8, 4) is 0 Å². The van der Waals surface area contributed by atoms with Gasteiger partial charge in [-0.1, -0.05) is 0 Å². The van der Waals surface area contributed by atoms with Crippen molar-refractivity contribution in [2.75, 3.05) is 13.2 Å². The third-order valence-corrected chi connectivity index (χ3v) is 8.88. The van der Waals surface area contributed by atoms with Gasteiger partial charge in [0.05, 0.1) is 5.92 Å². The van der Waals surface area contributed by atoms with Crippen LogP contribution in [0.2, 0.25) is 12.1 Å². The van der Waals surface area contributed by atoms with Crippen LogP contribution in [0.1, 0.15) is 53.9 Å². The van der Waals surface area contributed by atoms with Gasteiger partial charge in [0.15, 0.2) is 0 Å². The van der Waals surface area contributed by atoms with Gasteiger partial charge < -0.3 is 13.6 Å². The van der Waals surface area contributed by atoms with Crippen LogP contribution in [0, 0.1) is 17.8 Å². The fraction of sp³-hybridized carbons (Fsp3) is 0.941. The van der Waals surface area contributed by atoms with E-state index >= 15 is 0 Å². The predicted molar refractivity (Wildman–Crippen MR) is 88.8 cm³/mol. The maximum absolute atomic E-state index is 12.4. The normalized spacial score (nSPS) is 31.5. The van der Waals surface area contributed by atoms with Crippen LogP contribution in [-0.2, 0) is 18.4 Å². The van der Waals surface area contributed by atoms with Crippen molar-refractivity contribution in [2.45, 2.75) is 71.6 Å². The van der Waals surface area contributed by atoms with Crippen molar-refractivity contribution in [2.24, 2.45) is 17.8 Å². The van der Waals surface area contributed by atoms with E-state index in [4.69, 9.17) is 13.6 Å². The first-order chi connectivity index (χ1) is 10.2. The molecule has 2 rings (SSSR count). The van der Waals surface area contributed by atoms with Gasteiger partial charge in [-0.15, -0.1) is 0 Å². The molecule has 5 heteroatoms. The maximum Gasteiger partial charge on any atom is 0.338 e. The molecule has 0 spiro atoms. The lowest BCUT2D eigenvalue weighted by atomic mass is 9.88. The minimum absolute atomic E-state index is 0.00496. The van der Waals surface area contributed by atoms with E-state index in [-0.39, 0.29) is 11.9 Å². The standard InChI is InChI=1S/C17H32O4Si/c1-7-19-22(6,20-8-2)15-11-12-9-13(15)10-14(12)16(18)21-17(3,4)5/h12-15H,7-11H2,1-6H3. The topological polar surface area (TPSA) is 44.8 Å². The van der Waals surface area contributed by atoms with Crippen LogP contribution in [0.3, 0.4) is 0 Å². The van der Waals surface area contributed by atoms with E-state index in [1.165, 1.54) is 0 Å². The number of ether oxygens (including phenoxy) is 1. The zero-order valence-corrected chi connectivity index (χ0v) is 16.0. The maximum atomic E-state index is 12.4. The number of fused-ring (bicyclic) bond motifs is 2. The summed E-state index contributed by atoms with van der Waals surface area (Å²) in [5.41, 5.74) is 0.134. The minimum Gasteiger partial charge on any atom is -0.460 e. The Bertz CT molecular complexity index is 398. The summed E-state index contributed by atoms with van der Waals surface area (Å²) in [6.45, 7) is 13.5. The molecule has 4 unspecified atom stereocenters. The monoisotopic (exact) mass is 328 g/mol. The molecule has 22 heavy (non-hydrogen) atoms. The average Bonchev–Trinajstić information content (AvgIpc) is 2.97. The molecule has 2 saturated carbocycles. The Balaban J connectivity index is 2.01. The molecule has 0 saturated heterocycles. The molecule has 2 bridgehead atoms. The first-order valence-electron chi connectivity index (χ1n) is 8.71. The Morgan fingerprint density at radius 3 is 2.05 bits per heavy atom. The van der Waals surface area contributed by atoms with E-state index in [2.05, 4.69) is 6.55 Å². The first kappa shape index (κ1) is 18.0. The molecule has 0 aromatic rings. The summed E-state index contributed by atoms with van der Waals surface area (Å²) in [6.07, 6.45) is 3.15. The third kappa shape index (κ3) is 3.74. The Kier molecular flexibility index (Phi) is 5.40. The molecule has 4 atom stereocenters. The van der Waals surface area contributed by atoms with Crippen LogP contribution in [0.5, 0.6) is 0 Å². The molecule has 0 aromatic carbocycles. The molecular formula is C17H32O4Si. The van der Waals surface area contributed by atoms with Crippen LogP contribution in [0.15, 0.2) is 0 Å². The number of hydrogen-bond acceptors (Lipinski definition) is 4. The quantitative estimate of drug-likeness (QED) is 0.548. The molecule has 4 nitrogen and oxygen atoms in total. The second kappa shape index (κ2) is 6.61. The smallest absolute Gasteiger partial charge is 0.338 e. The van der Waals surface area contributed by atoms with Gasteiger partial charge in [0.25, 0.3) is 0 Å². The molecule has 0 aromatic heterocycles. The van der Waals surface area contributed by atoms with Crippen LogP contribution in [0.4, 0.5) is 0 Å². The number of carbonyl (C=O) groups excluding carboxylic acids is 1. The molecule has 0 N–H and O–H groups in total. The van der Waals surface area contributed by atoms with Crippen molar-refractivity contribution in [3.63, 3.8) is 0 Å². The molecule has 128 valence electrons. The molecule has 0 heterocycles. The number of esters is 1. The van der Waals surface area contributed by atoms with E-state index in [1.807, 2.05) is 34.6 Å². The summed E-state index contributed by atoms with van der Waals surface area (Å²) < 4.78 is 17.8. The fourth-order valence-electron chi connectivity index (χ4n) is 4.41. The Labute approximate surface area is 136 Å². The second-order valence-electron chi connectivity index (χ2n) is 7.86. The van der Waals surface area contributed by atoms with Gasteiger partial charge in [0.1, 0.15) is 5.60 Å². The molecular weight excluding hydrogens is 296 g/mol. The highest BCUT2D eigenvalue weighted by Crippen LogP contribution is 2.58. The summed E-state index contributed by atoms with van der Waals surface area (Å²) in [5, 5.41) is 0. The highest BCUT2D eigenvalue weighted by atomic mass is 28.4. The SMILES string of the molecule is CCO[Si](C)(OCC)C1CC2CC1CC2C(=O)OC(C)(C)C. The van der Waals surface area contributed by atoms with Crippen LogP contribution in [0.25, 0.3) is 0 Å². The van der Waals surface area contributed by atoms with E-state index in [1.54, 1.807) is 0 Å². The van der Waals surface area contributed by atoms with E-state index in [0.717, 1.165) is 19.3 Å². The number of hydrogen-bond donors (Lipinski definition) is 0. The molecule has 0 aliphatic heterocycles.